The van der Waals surface area contributed by atoms with E-state index >= 15 is 0 Å². The average Bonchev–Trinajstić information content (AvgIpc) is 2.24. The molecule has 17 heavy (non-hydrogen) atoms. The normalized spacial score (nSPS) is 13.4. The minimum Gasteiger partial charge on any atom is -0.353 e. The predicted octanol–water partition coefficient (Wildman–Crippen LogP) is 0.739. The lowest BCUT2D eigenvalue weighted by Gasteiger charge is -2.25. The number of nitrogens with one attached hydrogen (secondary N) is 1. The highest BCUT2D eigenvalue weighted by Crippen LogP contribution is 2.09. The molecule has 0 bridgehead atoms. The molecule has 0 aromatic heterocycles. The fourth-order valence-corrected chi connectivity index (χ4v) is 2.63. The zero-order valence-electron chi connectivity index (χ0n) is 10.8. The lowest BCUT2D eigenvalue weighted by atomic mass is 10.2. The number of hydrogen-bond acceptors (Lipinski definition) is 3. The Morgan fingerprint density at radius 1 is 1.53 bits per heavy atom. The summed E-state index contributed by atoms with van der Waals surface area (Å²) >= 11 is 0. The highest BCUT2D eigenvalue weighted by Gasteiger charge is 2.22. The molecule has 1 unspecified atom stereocenters. The van der Waals surface area contributed by atoms with Crippen LogP contribution in [-0.4, -0.2) is 44.0 Å². The van der Waals surface area contributed by atoms with Crippen molar-refractivity contribution in [1.29, 1.82) is 0 Å². The van der Waals surface area contributed by atoms with Crippen molar-refractivity contribution in [3.63, 3.8) is 0 Å². The molecular formula is C11H22N2O3S. The molecule has 0 aliphatic heterocycles. The number of nitrogens with zero attached hydrogens (tertiary/aromatic N) is 1. The van der Waals surface area contributed by atoms with Crippen LogP contribution < -0.4 is 5.32 Å². The summed E-state index contributed by atoms with van der Waals surface area (Å²) in [6.07, 6.45) is 3.65. The van der Waals surface area contributed by atoms with Crippen LogP contribution in [0.2, 0.25) is 0 Å². The van der Waals surface area contributed by atoms with Gasteiger partial charge in [-0.25, -0.2) is 8.42 Å². The second-order valence-electron chi connectivity index (χ2n) is 3.97. The van der Waals surface area contributed by atoms with Crippen molar-refractivity contribution >= 4 is 15.9 Å². The molecule has 0 aliphatic rings. The molecule has 0 aliphatic carbocycles. The molecule has 0 aromatic carbocycles. The van der Waals surface area contributed by atoms with E-state index in [0.717, 1.165) is 6.42 Å². The number of carbonyl (C=O) groups is 1. The van der Waals surface area contributed by atoms with E-state index < -0.39 is 10.0 Å². The summed E-state index contributed by atoms with van der Waals surface area (Å²) < 4.78 is 24.4. The molecule has 0 saturated carbocycles. The third-order valence-electron chi connectivity index (χ3n) is 2.51. The Balaban J connectivity index is 4.37. The quantitative estimate of drug-likeness (QED) is 0.656. The smallest absolute Gasteiger partial charge is 0.221 e. The van der Waals surface area contributed by atoms with Crippen LogP contribution in [-0.2, 0) is 14.8 Å². The Kier molecular flexibility index (Phi) is 7.06. The maximum absolute atomic E-state index is 11.5. The van der Waals surface area contributed by atoms with Gasteiger partial charge in [0.2, 0.25) is 15.9 Å². The molecule has 0 heterocycles. The molecule has 0 spiro atoms. The zero-order chi connectivity index (χ0) is 13.5. The monoisotopic (exact) mass is 262 g/mol. The van der Waals surface area contributed by atoms with Crippen LogP contribution in [0, 0.1) is 0 Å². The van der Waals surface area contributed by atoms with Crippen LogP contribution in [0.3, 0.4) is 0 Å². The van der Waals surface area contributed by atoms with Gasteiger partial charge < -0.3 is 5.32 Å². The molecule has 0 aromatic rings. The van der Waals surface area contributed by atoms with E-state index in [1.165, 1.54) is 10.6 Å². The molecule has 0 fully saturated rings. The third kappa shape index (κ3) is 6.43. The number of sulfonamides is 1. The molecular weight excluding hydrogens is 240 g/mol. The topological polar surface area (TPSA) is 66.5 Å². The average molecular weight is 262 g/mol. The minimum atomic E-state index is -3.26. The maximum atomic E-state index is 11.5. The first-order chi connectivity index (χ1) is 7.82. The van der Waals surface area contributed by atoms with Crippen LogP contribution in [0.1, 0.15) is 26.7 Å². The van der Waals surface area contributed by atoms with Crippen LogP contribution in [0.25, 0.3) is 0 Å². The molecule has 5 nitrogen and oxygen atoms in total. The number of rotatable bonds is 8. The first kappa shape index (κ1) is 16.1. The number of amides is 1. The Labute approximate surface area is 104 Å². The Bertz CT molecular complexity index is 352. The van der Waals surface area contributed by atoms with Crippen molar-refractivity contribution in [2.24, 2.45) is 0 Å². The Morgan fingerprint density at radius 3 is 2.53 bits per heavy atom. The molecule has 0 rings (SSSR count). The van der Waals surface area contributed by atoms with Crippen LogP contribution in [0.15, 0.2) is 12.7 Å². The zero-order valence-corrected chi connectivity index (χ0v) is 11.6. The molecule has 1 atom stereocenters. The highest BCUT2D eigenvalue weighted by atomic mass is 32.2. The van der Waals surface area contributed by atoms with Crippen molar-refractivity contribution in [1.82, 2.24) is 9.62 Å². The van der Waals surface area contributed by atoms with E-state index in [2.05, 4.69) is 11.9 Å². The van der Waals surface area contributed by atoms with Crippen molar-refractivity contribution in [2.75, 3.05) is 19.3 Å². The molecule has 1 N–H and O–H groups in total. The molecule has 0 radical (unpaired) electrons. The first-order valence-corrected chi connectivity index (χ1v) is 7.52. The van der Waals surface area contributed by atoms with Crippen molar-refractivity contribution in [3.8, 4) is 0 Å². The summed E-state index contributed by atoms with van der Waals surface area (Å²) in [6.45, 7) is 7.86. The van der Waals surface area contributed by atoms with Gasteiger partial charge in [0.05, 0.1) is 6.26 Å². The Morgan fingerprint density at radius 2 is 2.12 bits per heavy atom. The second-order valence-corrected chi connectivity index (χ2v) is 5.91. The largest absolute Gasteiger partial charge is 0.353 e. The van der Waals surface area contributed by atoms with E-state index in [1.54, 1.807) is 6.08 Å². The van der Waals surface area contributed by atoms with Crippen molar-refractivity contribution < 1.29 is 13.2 Å². The van der Waals surface area contributed by atoms with E-state index in [0.29, 0.717) is 6.54 Å². The molecule has 6 heteroatoms. The van der Waals surface area contributed by atoms with Crippen LogP contribution >= 0.6 is 0 Å². The van der Waals surface area contributed by atoms with Gasteiger partial charge in [0, 0.05) is 25.6 Å². The lowest BCUT2D eigenvalue weighted by molar-refractivity contribution is -0.121. The fourth-order valence-electron chi connectivity index (χ4n) is 1.40. The van der Waals surface area contributed by atoms with Gasteiger partial charge in [0.1, 0.15) is 0 Å². The minimum absolute atomic E-state index is 0.0859. The molecule has 1 amide bonds. The number of carbonyl (C=O) groups excluding carboxylic acids is 1. The van der Waals surface area contributed by atoms with Gasteiger partial charge in [0.25, 0.3) is 0 Å². The summed E-state index contributed by atoms with van der Waals surface area (Å²) in [6, 6.07) is -0.0859. The summed E-state index contributed by atoms with van der Waals surface area (Å²) in [5, 5.41) is 2.62. The highest BCUT2D eigenvalue weighted by molar-refractivity contribution is 7.88. The third-order valence-corrected chi connectivity index (χ3v) is 3.91. The van der Waals surface area contributed by atoms with Gasteiger partial charge in [-0.2, -0.15) is 4.31 Å². The van der Waals surface area contributed by atoms with Gasteiger partial charge in [-0.1, -0.05) is 13.0 Å². The van der Waals surface area contributed by atoms with Gasteiger partial charge in [-0.3, -0.25) is 4.79 Å². The number of hydrogen-bond donors (Lipinski definition) is 1. The standard InChI is InChI=1S/C11H22N2O3S/c1-5-8-12-11(14)7-9-13(10(3)6-2)17(4,15)16/h5,10H,1,6-9H2,2-4H3,(H,12,14). The second kappa shape index (κ2) is 7.45. The van der Waals surface area contributed by atoms with Gasteiger partial charge >= 0.3 is 0 Å². The van der Waals surface area contributed by atoms with Crippen LogP contribution in [0.5, 0.6) is 0 Å². The summed E-state index contributed by atoms with van der Waals surface area (Å²) in [5.74, 6) is -0.165. The predicted molar refractivity (Wildman–Crippen MR) is 69.1 cm³/mol. The van der Waals surface area contributed by atoms with Crippen LogP contribution in [0.4, 0.5) is 0 Å². The van der Waals surface area contributed by atoms with Crippen molar-refractivity contribution in [3.05, 3.63) is 12.7 Å². The summed E-state index contributed by atoms with van der Waals surface area (Å²) in [7, 11) is -3.26. The molecule has 0 saturated heterocycles. The SMILES string of the molecule is C=CCNC(=O)CCN(C(C)CC)S(C)(=O)=O. The van der Waals surface area contributed by atoms with Crippen molar-refractivity contribution in [2.45, 2.75) is 32.7 Å². The van der Waals surface area contributed by atoms with E-state index in [1.807, 2.05) is 13.8 Å². The van der Waals surface area contributed by atoms with E-state index in [9.17, 15) is 13.2 Å². The summed E-state index contributed by atoms with van der Waals surface area (Å²) in [5.41, 5.74) is 0. The molecule has 100 valence electrons. The Hall–Kier alpha value is -0.880. The first-order valence-electron chi connectivity index (χ1n) is 5.67. The van der Waals surface area contributed by atoms with Gasteiger partial charge in [-0.15, -0.1) is 6.58 Å². The van der Waals surface area contributed by atoms with Gasteiger partial charge in [-0.05, 0) is 13.3 Å². The fraction of sp³-hybridized carbons (Fsp3) is 0.727. The summed E-state index contributed by atoms with van der Waals surface area (Å²) in [4.78, 5) is 11.4. The lowest BCUT2D eigenvalue weighted by Crippen LogP contribution is -2.40. The van der Waals surface area contributed by atoms with E-state index in [4.69, 9.17) is 0 Å². The van der Waals surface area contributed by atoms with Gasteiger partial charge in [0.15, 0.2) is 0 Å². The van der Waals surface area contributed by atoms with E-state index in [-0.39, 0.29) is 24.9 Å². The maximum Gasteiger partial charge on any atom is 0.221 e.